The number of rotatable bonds is 8. The van der Waals surface area contributed by atoms with Crippen LogP contribution in [-0.2, 0) is 10.4 Å². The normalized spacial score (nSPS) is 11.2. The van der Waals surface area contributed by atoms with Gasteiger partial charge in [-0.2, -0.15) is 5.10 Å². The van der Waals surface area contributed by atoms with Crippen molar-refractivity contribution in [3.63, 3.8) is 0 Å². The molecule has 31 heavy (non-hydrogen) atoms. The van der Waals surface area contributed by atoms with Crippen LogP contribution in [0, 0.1) is 0 Å². The molecule has 7 heteroatoms. The molecule has 0 fully saturated rings. The largest absolute Gasteiger partial charge is 0.496 e. The predicted molar refractivity (Wildman–Crippen MR) is 118 cm³/mol. The molecule has 2 N–H and O–H groups in total. The van der Waals surface area contributed by atoms with Crippen molar-refractivity contribution in [1.29, 1.82) is 0 Å². The lowest BCUT2D eigenvalue weighted by atomic mass is 9.85. The summed E-state index contributed by atoms with van der Waals surface area (Å²) >= 11 is 0. The van der Waals surface area contributed by atoms with Crippen LogP contribution in [0.1, 0.15) is 16.7 Å². The molecule has 0 aliphatic carbocycles. The van der Waals surface area contributed by atoms with E-state index in [1.165, 1.54) is 27.5 Å². The van der Waals surface area contributed by atoms with Crippen LogP contribution in [-0.4, -0.2) is 38.6 Å². The highest BCUT2D eigenvalue weighted by Gasteiger charge is 2.39. The van der Waals surface area contributed by atoms with Crippen LogP contribution < -0.4 is 19.6 Å². The Morgan fingerprint density at radius 1 is 0.839 bits per heavy atom. The van der Waals surface area contributed by atoms with Gasteiger partial charge in [0.15, 0.2) is 17.1 Å². The molecule has 3 rings (SSSR count). The third-order valence-electron chi connectivity index (χ3n) is 4.82. The maximum atomic E-state index is 13.1. The number of hydrogen-bond donors (Lipinski definition) is 2. The third kappa shape index (κ3) is 4.51. The maximum absolute atomic E-state index is 13.1. The van der Waals surface area contributed by atoms with Gasteiger partial charge in [-0.15, -0.1) is 0 Å². The first-order valence-electron chi connectivity index (χ1n) is 9.51. The van der Waals surface area contributed by atoms with E-state index in [0.717, 1.165) is 0 Å². The Balaban J connectivity index is 1.91. The van der Waals surface area contributed by atoms with Gasteiger partial charge in [0.1, 0.15) is 5.75 Å². The number of nitrogens with one attached hydrogen (secondary N) is 1. The van der Waals surface area contributed by atoms with Gasteiger partial charge in [-0.1, -0.05) is 60.7 Å². The SMILES string of the molecule is COc1cc(OC)c(OC)cc1/C=N/NC(=O)C(O)(c1ccccc1)c1ccccc1. The quantitative estimate of drug-likeness (QED) is 0.432. The number of hydrogen-bond acceptors (Lipinski definition) is 6. The summed E-state index contributed by atoms with van der Waals surface area (Å²) in [6, 6.07) is 20.7. The van der Waals surface area contributed by atoms with Gasteiger partial charge in [-0.25, -0.2) is 5.43 Å². The van der Waals surface area contributed by atoms with E-state index >= 15 is 0 Å². The highest BCUT2D eigenvalue weighted by Crippen LogP contribution is 2.34. The van der Waals surface area contributed by atoms with Gasteiger partial charge in [-0.05, 0) is 17.2 Å². The molecule has 0 saturated carbocycles. The van der Waals surface area contributed by atoms with E-state index in [-0.39, 0.29) is 0 Å². The molecule has 0 aliphatic heterocycles. The van der Waals surface area contributed by atoms with Gasteiger partial charge < -0.3 is 19.3 Å². The second-order valence-corrected chi connectivity index (χ2v) is 6.59. The summed E-state index contributed by atoms with van der Waals surface area (Å²) in [6.07, 6.45) is 1.41. The summed E-state index contributed by atoms with van der Waals surface area (Å²) < 4.78 is 15.9. The number of methoxy groups -OCH3 is 3. The summed E-state index contributed by atoms with van der Waals surface area (Å²) in [5.41, 5.74) is 1.94. The van der Waals surface area contributed by atoms with E-state index in [2.05, 4.69) is 10.5 Å². The van der Waals surface area contributed by atoms with Crippen molar-refractivity contribution in [3.05, 3.63) is 89.5 Å². The second-order valence-electron chi connectivity index (χ2n) is 6.59. The number of amides is 1. The van der Waals surface area contributed by atoms with Gasteiger partial charge in [0.25, 0.3) is 5.91 Å². The van der Waals surface area contributed by atoms with Crippen molar-refractivity contribution < 1.29 is 24.1 Å². The Morgan fingerprint density at radius 3 is 1.81 bits per heavy atom. The molecule has 1 amide bonds. The molecule has 0 saturated heterocycles. The Kier molecular flexibility index (Phi) is 6.89. The molecular formula is C24H24N2O5. The molecule has 3 aromatic carbocycles. The summed E-state index contributed by atoms with van der Waals surface area (Å²) in [5, 5.41) is 15.5. The zero-order chi connectivity index (χ0) is 22.3. The van der Waals surface area contributed by atoms with Crippen LogP contribution in [0.5, 0.6) is 17.2 Å². The molecule has 0 aliphatic rings. The maximum Gasteiger partial charge on any atom is 0.281 e. The average Bonchev–Trinajstić information content (AvgIpc) is 2.84. The Morgan fingerprint density at radius 2 is 1.32 bits per heavy atom. The average molecular weight is 420 g/mol. The summed E-state index contributed by atoms with van der Waals surface area (Å²) in [6.45, 7) is 0. The second kappa shape index (κ2) is 9.77. The summed E-state index contributed by atoms with van der Waals surface area (Å²) in [5.74, 6) is 0.779. The number of hydrazone groups is 1. The number of ether oxygens (including phenoxy) is 3. The number of nitrogens with zero attached hydrogens (tertiary/aromatic N) is 1. The zero-order valence-electron chi connectivity index (χ0n) is 17.5. The van der Waals surface area contributed by atoms with Crippen molar-refractivity contribution in [2.24, 2.45) is 5.10 Å². The van der Waals surface area contributed by atoms with Crippen LogP contribution in [0.25, 0.3) is 0 Å². The first-order valence-corrected chi connectivity index (χ1v) is 9.51. The minimum absolute atomic E-state index is 0.428. The van der Waals surface area contributed by atoms with Crippen molar-refractivity contribution in [3.8, 4) is 17.2 Å². The Hall–Kier alpha value is -3.84. The minimum atomic E-state index is -1.92. The van der Waals surface area contributed by atoms with Crippen LogP contribution in [0.2, 0.25) is 0 Å². The first-order chi connectivity index (χ1) is 15.0. The molecule has 0 bridgehead atoms. The number of carbonyl (C=O) groups is 1. The minimum Gasteiger partial charge on any atom is -0.496 e. The fourth-order valence-corrected chi connectivity index (χ4v) is 3.18. The molecule has 160 valence electrons. The fourth-order valence-electron chi connectivity index (χ4n) is 3.18. The molecular weight excluding hydrogens is 396 g/mol. The topological polar surface area (TPSA) is 89.4 Å². The highest BCUT2D eigenvalue weighted by molar-refractivity contribution is 5.92. The van der Waals surface area contributed by atoms with Crippen molar-refractivity contribution in [2.45, 2.75) is 5.60 Å². The van der Waals surface area contributed by atoms with Gasteiger partial charge in [0, 0.05) is 11.6 Å². The molecule has 3 aromatic rings. The van der Waals surface area contributed by atoms with Crippen LogP contribution in [0.3, 0.4) is 0 Å². The van der Waals surface area contributed by atoms with Crippen LogP contribution in [0.4, 0.5) is 0 Å². The van der Waals surface area contributed by atoms with Gasteiger partial charge >= 0.3 is 0 Å². The molecule has 7 nitrogen and oxygen atoms in total. The summed E-state index contributed by atoms with van der Waals surface area (Å²) in [7, 11) is 4.56. The molecule has 0 spiro atoms. The van der Waals surface area contributed by atoms with E-state index in [1.54, 1.807) is 60.7 Å². The van der Waals surface area contributed by atoms with Gasteiger partial charge in [0.05, 0.1) is 27.5 Å². The van der Waals surface area contributed by atoms with Crippen LogP contribution in [0.15, 0.2) is 77.9 Å². The van der Waals surface area contributed by atoms with E-state index in [9.17, 15) is 9.90 Å². The number of carbonyl (C=O) groups excluding carboxylic acids is 1. The van der Waals surface area contributed by atoms with E-state index < -0.39 is 11.5 Å². The molecule has 0 atom stereocenters. The fraction of sp³-hybridized carbons (Fsp3) is 0.167. The third-order valence-corrected chi connectivity index (χ3v) is 4.82. The summed E-state index contributed by atoms with van der Waals surface area (Å²) in [4.78, 5) is 13.1. The van der Waals surface area contributed by atoms with Crippen molar-refractivity contribution in [1.82, 2.24) is 5.43 Å². The van der Waals surface area contributed by atoms with Crippen molar-refractivity contribution in [2.75, 3.05) is 21.3 Å². The first kappa shape index (κ1) is 21.9. The highest BCUT2D eigenvalue weighted by atomic mass is 16.5. The molecule has 0 aromatic heterocycles. The molecule has 0 heterocycles. The van der Waals surface area contributed by atoms with Gasteiger partial charge in [-0.3, -0.25) is 4.79 Å². The predicted octanol–water partition coefficient (Wildman–Crippen LogP) is 3.10. The van der Waals surface area contributed by atoms with E-state index in [1.807, 2.05) is 12.1 Å². The lowest BCUT2D eigenvalue weighted by Crippen LogP contribution is -2.43. The number of aliphatic hydroxyl groups is 1. The van der Waals surface area contributed by atoms with Crippen molar-refractivity contribution >= 4 is 12.1 Å². The standard InChI is InChI=1S/C24H24N2O5/c1-29-20-15-22(31-3)21(30-2)14-17(20)16-25-26-23(27)24(28,18-10-6-4-7-11-18)19-12-8-5-9-13-19/h4-16,28H,1-3H3,(H,26,27)/b25-16+. The van der Waals surface area contributed by atoms with E-state index in [4.69, 9.17) is 14.2 Å². The van der Waals surface area contributed by atoms with Crippen LogP contribution >= 0.6 is 0 Å². The lowest BCUT2D eigenvalue weighted by Gasteiger charge is -2.27. The van der Waals surface area contributed by atoms with Gasteiger partial charge in [0.2, 0.25) is 0 Å². The smallest absolute Gasteiger partial charge is 0.281 e. The zero-order valence-corrected chi connectivity index (χ0v) is 17.5. The molecule has 0 radical (unpaired) electrons. The lowest BCUT2D eigenvalue weighted by molar-refractivity contribution is -0.136. The number of benzene rings is 3. The molecule has 0 unspecified atom stereocenters. The Bertz CT molecular complexity index is 1010. The monoisotopic (exact) mass is 420 g/mol. The Labute approximate surface area is 180 Å². The van der Waals surface area contributed by atoms with E-state index in [0.29, 0.717) is 33.9 Å².